The maximum Gasteiger partial charge on any atom is 0.235 e. The molecule has 2 atom stereocenters. The molecular weight excluding hydrogens is 208 g/mol. The van der Waals surface area contributed by atoms with E-state index in [4.69, 9.17) is 0 Å². The Balaban J connectivity index is 1.99. The molecule has 2 fully saturated rings. The van der Waals surface area contributed by atoms with Crippen LogP contribution in [0.15, 0.2) is 0 Å². The first-order valence-electron chi connectivity index (χ1n) is 5.80. The minimum atomic E-state index is -0.939. The number of aliphatic hydroxyl groups excluding tert-OH is 1. The number of hydrogen-bond acceptors (Lipinski definition) is 3. The van der Waals surface area contributed by atoms with Crippen LogP contribution in [0.5, 0.6) is 0 Å². The highest BCUT2D eigenvalue weighted by Gasteiger charge is 2.41. The minimum Gasteiger partial charge on any atom is -0.392 e. The first-order valence-corrected chi connectivity index (χ1v) is 5.80. The van der Waals surface area contributed by atoms with Crippen LogP contribution in [0.3, 0.4) is 0 Å². The number of nitrogens with one attached hydrogen (secondary N) is 2. The summed E-state index contributed by atoms with van der Waals surface area (Å²) < 4.78 is 0. The Morgan fingerprint density at radius 1 is 1.56 bits per heavy atom. The second-order valence-electron chi connectivity index (χ2n) is 5.03. The zero-order valence-electron chi connectivity index (χ0n) is 9.45. The fourth-order valence-corrected chi connectivity index (χ4v) is 2.30. The van der Waals surface area contributed by atoms with Crippen LogP contribution < -0.4 is 10.6 Å². The monoisotopic (exact) mass is 226 g/mol. The van der Waals surface area contributed by atoms with Crippen LogP contribution in [0, 0.1) is 5.92 Å². The molecule has 5 heteroatoms. The van der Waals surface area contributed by atoms with Gasteiger partial charge in [0.25, 0.3) is 0 Å². The van der Waals surface area contributed by atoms with Gasteiger partial charge in [-0.1, -0.05) is 0 Å². The zero-order chi connectivity index (χ0) is 11.8. The molecule has 3 N–H and O–H groups in total. The molecule has 0 aromatic carbocycles. The molecule has 0 spiro atoms. The predicted molar refractivity (Wildman–Crippen MR) is 57.5 cm³/mol. The Morgan fingerprint density at radius 2 is 2.25 bits per heavy atom. The third-order valence-corrected chi connectivity index (χ3v) is 3.57. The predicted octanol–water partition coefficient (Wildman–Crippen LogP) is -0.458. The lowest BCUT2D eigenvalue weighted by Crippen LogP contribution is -2.58. The van der Waals surface area contributed by atoms with Gasteiger partial charge in [0, 0.05) is 12.1 Å². The molecular formula is C11H18N2O3. The first kappa shape index (κ1) is 11.4. The summed E-state index contributed by atoms with van der Waals surface area (Å²) in [6.07, 6.45) is 2.60. The fraction of sp³-hybridized carbons (Fsp3) is 0.818. The Bertz CT molecular complexity index is 312. The number of aliphatic hydroxyl groups is 1. The quantitative estimate of drug-likeness (QED) is 0.558. The summed E-state index contributed by atoms with van der Waals surface area (Å²) in [6, 6.07) is 0. The van der Waals surface area contributed by atoms with Crippen LogP contribution in [-0.2, 0) is 9.59 Å². The molecule has 0 aromatic rings. The summed E-state index contributed by atoms with van der Waals surface area (Å²) in [4.78, 5) is 23.4. The van der Waals surface area contributed by atoms with Gasteiger partial charge in [0.2, 0.25) is 11.8 Å². The molecule has 2 amide bonds. The first-order chi connectivity index (χ1) is 7.52. The van der Waals surface area contributed by atoms with E-state index in [1.807, 2.05) is 6.92 Å². The van der Waals surface area contributed by atoms with Gasteiger partial charge in [-0.25, -0.2) is 0 Å². The largest absolute Gasteiger partial charge is 0.392 e. The van der Waals surface area contributed by atoms with Gasteiger partial charge in [0.05, 0.1) is 6.10 Å². The van der Waals surface area contributed by atoms with E-state index < -0.39 is 12.0 Å². The molecule has 1 heterocycles. The maximum atomic E-state index is 11.9. The number of carbonyl (C=O) groups is 2. The molecule has 2 rings (SSSR count). The van der Waals surface area contributed by atoms with Crippen LogP contribution in [0.25, 0.3) is 0 Å². The van der Waals surface area contributed by atoms with Crippen molar-refractivity contribution in [3.8, 4) is 0 Å². The van der Waals surface area contributed by atoms with E-state index in [-0.39, 0.29) is 17.4 Å². The van der Waals surface area contributed by atoms with Crippen LogP contribution in [0.4, 0.5) is 0 Å². The molecule has 0 radical (unpaired) electrons. The van der Waals surface area contributed by atoms with Crippen LogP contribution >= 0.6 is 0 Å². The highest BCUT2D eigenvalue weighted by Crippen LogP contribution is 2.31. The van der Waals surface area contributed by atoms with Crippen molar-refractivity contribution < 1.29 is 14.7 Å². The summed E-state index contributed by atoms with van der Waals surface area (Å²) in [5, 5.41) is 15.1. The van der Waals surface area contributed by atoms with Gasteiger partial charge in [0.15, 0.2) is 0 Å². The lowest BCUT2D eigenvalue weighted by molar-refractivity contribution is -0.144. The standard InChI is InChI=1S/C11H18N2O3/c1-11(4-2-5-11)13-10(16)8-7(14)3-6-12-9(8)15/h7-8,14H,2-6H2,1H3,(H,12,15)(H,13,16). The lowest BCUT2D eigenvalue weighted by Gasteiger charge is -2.40. The third kappa shape index (κ3) is 2.04. The van der Waals surface area contributed by atoms with Gasteiger partial charge in [-0.3, -0.25) is 9.59 Å². The van der Waals surface area contributed by atoms with Crippen molar-refractivity contribution in [1.29, 1.82) is 0 Å². The molecule has 1 aliphatic heterocycles. The second-order valence-corrected chi connectivity index (χ2v) is 5.03. The molecule has 1 saturated heterocycles. The van der Waals surface area contributed by atoms with Crippen molar-refractivity contribution in [2.45, 2.75) is 44.2 Å². The summed E-state index contributed by atoms with van der Waals surface area (Å²) in [5.41, 5.74) is -0.172. The van der Waals surface area contributed by atoms with E-state index in [0.29, 0.717) is 13.0 Å². The molecule has 90 valence electrons. The van der Waals surface area contributed by atoms with E-state index >= 15 is 0 Å². The Kier molecular flexibility index (Phi) is 2.88. The zero-order valence-corrected chi connectivity index (χ0v) is 9.45. The van der Waals surface area contributed by atoms with Crippen molar-refractivity contribution in [1.82, 2.24) is 10.6 Å². The summed E-state index contributed by atoms with van der Waals surface area (Å²) in [7, 11) is 0. The molecule has 0 aromatic heterocycles. The molecule has 2 unspecified atom stereocenters. The van der Waals surface area contributed by atoms with E-state index in [2.05, 4.69) is 10.6 Å². The summed E-state index contributed by atoms with van der Waals surface area (Å²) in [5.74, 6) is -1.64. The summed E-state index contributed by atoms with van der Waals surface area (Å²) in [6.45, 7) is 2.42. The average molecular weight is 226 g/mol. The lowest BCUT2D eigenvalue weighted by atomic mass is 9.78. The van der Waals surface area contributed by atoms with Crippen LogP contribution in [0.2, 0.25) is 0 Å². The van der Waals surface area contributed by atoms with Crippen molar-refractivity contribution in [2.24, 2.45) is 5.92 Å². The van der Waals surface area contributed by atoms with Gasteiger partial charge in [0.1, 0.15) is 5.92 Å². The Labute approximate surface area is 94.6 Å². The van der Waals surface area contributed by atoms with Gasteiger partial charge in [-0.15, -0.1) is 0 Å². The Morgan fingerprint density at radius 3 is 2.75 bits per heavy atom. The number of piperidine rings is 1. The second kappa shape index (κ2) is 4.05. The smallest absolute Gasteiger partial charge is 0.235 e. The molecule has 0 bridgehead atoms. The minimum absolute atomic E-state index is 0.172. The van der Waals surface area contributed by atoms with Crippen molar-refractivity contribution in [2.75, 3.05) is 6.54 Å². The van der Waals surface area contributed by atoms with E-state index in [0.717, 1.165) is 19.3 Å². The Hall–Kier alpha value is -1.10. The van der Waals surface area contributed by atoms with Crippen molar-refractivity contribution in [3.05, 3.63) is 0 Å². The van der Waals surface area contributed by atoms with E-state index in [9.17, 15) is 14.7 Å². The molecule has 1 saturated carbocycles. The SMILES string of the molecule is CC1(NC(=O)C2C(=O)NCCC2O)CCC1. The molecule has 5 nitrogen and oxygen atoms in total. The number of hydrogen-bond donors (Lipinski definition) is 3. The van der Waals surface area contributed by atoms with Gasteiger partial charge in [-0.05, 0) is 32.6 Å². The molecule has 16 heavy (non-hydrogen) atoms. The number of amides is 2. The average Bonchev–Trinajstić information content (AvgIpc) is 2.15. The van der Waals surface area contributed by atoms with E-state index in [1.54, 1.807) is 0 Å². The van der Waals surface area contributed by atoms with Gasteiger partial charge >= 0.3 is 0 Å². The molecule has 1 aliphatic carbocycles. The normalized spacial score (nSPS) is 32.5. The fourth-order valence-electron chi connectivity index (χ4n) is 2.30. The highest BCUT2D eigenvalue weighted by atomic mass is 16.3. The van der Waals surface area contributed by atoms with Crippen molar-refractivity contribution >= 4 is 11.8 Å². The topological polar surface area (TPSA) is 78.4 Å². The van der Waals surface area contributed by atoms with Gasteiger partial charge in [-0.2, -0.15) is 0 Å². The van der Waals surface area contributed by atoms with Crippen LogP contribution in [-0.4, -0.2) is 35.1 Å². The van der Waals surface area contributed by atoms with E-state index in [1.165, 1.54) is 0 Å². The maximum absolute atomic E-state index is 11.9. The molecule has 2 aliphatic rings. The highest BCUT2D eigenvalue weighted by molar-refractivity contribution is 6.01. The number of rotatable bonds is 2. The van der Waals surface area contributed by atoms with Crippen LogP contribution in [0.1, 0.15) is 32.6 Å². The van der Waals surface area contributed by atoms with Gasteiger partial charge < -0.3 is 15.7 Å². The van der Waals surface area contributed by atoms with Crippen molar-refractivity contribution in [3.63, 3.8) is 0 Å². The number of carbonyl (C=O) groups excluding carboxylic acids is 2. The summed E-state index contributed by atoms with van der Waals surface area (Å²) >= 11 is 0. The third-order valence-electron chi connectivity index (χ3n) is 3.57.